The predicted octanol–water partition coefficient (Wildman–Crippen LogP) is 3.43. The lowest BCUT2D eigenvalue weighted by Crippen LogP contribution is -2.38. The zero-order valence-corrected chi connectivity index (χ0v) is 15.0. The third-order valence-corrected chi connectivity index (χ3v) is 4.30. The maximum absolute atomic E-state index is 12.9. The Kier molecular flexibility index (Phi) is 5.53. The van der Waals surface area contributed by atoms with E-state index in [1.54, 1.807) is 14.0 Å². The van der Waals surface area contributed by atoms with Gasteiger partial charge in [-0.1, -0.05) is 13.0 Å². The predicted molar refractivity (Wildman–Crippen MR) is 91.4 cm³/mol. The van der Waals surface area contributed by atoms with E-state index >= 15 is 0 Å². The monoisotopic (exact) mass is 367 g/mol. The van der Waals surface area contributed by atoms with Crippen LogP contribution in [-0.4, -0.2) is 33.7 Å². The Morgan fingerprint density at radius 2 is 1.96 bits per heavy atom. The van der Waals surface area contributed by atoms with Gasteiger partial charge in [0, 0.05) is 24.8 Å². The summed E-state index contributed by atoms with van der Waals surface area (Å²) in [6, 6.07) is 5.66. The number of benzene rings is 1. The van der Waals surface area contributed by atoms with Crippen molar-refractivity contribution >= 4 is 5.91 Å². The zero-order valence-electron chi connectivity index (χ0n) is 15.0. The molecular weight excluding hydrogens is 347 g/mol. The second kappa shape index (κ2) is 7.31. The molecule has 5 nitrogen and oxygen atoms in total. The molecule has 1 heterocycles. The van der Waals surface area contributed by atoms with Crippen molar-refractivity contribution in [3.63, 3.8) is 0 Å². The van der Waals surface area contributed by atoms with Crippen LogP contribution in [0, 0.1) is 6.92 Å². The second-order valence-electron chi connectivity index (χ2n) is 6.13. The molecule has 1 aromatic carbocycles. The van der Waals surface area contributed by atoms with E-state index in [9.17, 15) is 22.8 Å². The molecule has 2 aromatic rings. The van der Waals surface area contributed by atoms with Crippen LogP contribution in [0.2, 0.25) is 0 Å². The minimum atomic E-state index is -4.50. The standard InChI is InChI=1S/C18H20F3N3O2/c1-5-11(2)23(4)17(26)16-15(25)9-12(3)24(22-16)14-8-6-7-13(10-14)18(19,20)21/h6-11H,5H2,1-4H3. The Bertz CT molecular complexity index is 875. The molecule has 0 aliphatic rings. The highest BCUT2D eigenvalue weighted by atomic mass is 19.4. The Morgan fingerprint density at radius 3 is 2.54 bits per heavy atom. The van der Waals surface area contributed by atoms with E-state index in [0.717, 1.165) is 12.1 Å². The van der Waals surface area contributed by atoms with E-state index in [1.807, 2.05) is 13.8 Å². The van der Waals surface area contributed by atoms with Crippen LogP contribution < -0.4 is 5.43 Å². The van der Waals surface area contributed by atoms with Crippen LogP contribution in [0.5, 0.6) is 0 Å². The van der Waals surface area contributed by atoms with Crippen LogP contribution in [0.1, 0.15) is 42.0 Å². The summed E-state index contributed by atoms with van der Waals surface area (Å²) < 4.78 is 40.0. The highest BCUT2D eigenvalue weighted by molar-refractivity contribution is 5.92. The molecule has 0 fully saturated rings. The normalized spacial score (nSPS) is 12.7. The molecule has 0 saturated heterocycles. The van der Waals surface area contributed by atoms with Crippen molar-refractivity contribution < 1.29 is 18.0 Å². The number of hydrogen-bond donors (Lipinski definition) is 0. The fraction of sp³-hybridized carbons (Fsp3) is 0.389. The van der Waals surface area contributed by atoms with Gasteiger partial charge in [-0.25, -0.2) is 4.68 Å². The van der Waals surface area contributed by atoms with E-state index in [2.05, 4.69) is 5.10 Å². The summed E-state index contributed by atoms with van der Waals surface area (Å²) in [5.74, 6) is -0.565. The molecule has 0 aliphatic carbocycles. The molecule has 1 aromatic heterocycles. The van der Waals surface area contributed by atoms with Crippen molar-refractivity contribution in [1.29, 1.82) is 0 Å². The van der Waals surface area contributed by atoms with Gasteiger partial charge in [-0.3, -0.25) is 9.59 Å². The lowest BCUT2D eigenvalue weighted by atomic mass is 10.2. The van der Waals surface area contributed by atoms with Crippen molar-refractivity contribution in [2.24, 2.45) is 0 Å². The van der Waals surface area contributed by atoms with Gasteiger partial charge < -0.3 is 4.90 Å². The first-order valence-electron chi connectivity index (χ1n) is 8.12. The first kappa shape index (κ1) is 19.7. The van der Waals surface area contributed by atoms with Crippen LogP contribution in [0.15, 0.2) is 35.1 Å². The molecular formula is C18H20F3N3O2. The van der Waals surface area contributed by atoms with Gasteiger partial charge in [0.1, 0.15) is 0 Å². The minimum Gasteiger partial charge on any atom is -0.337 e. The first-order valence-corrected chi connectivity index (χ1v) is 8.12. The van der Waals surface area contributed by atoms with Gasteiger partial charge in [0.05, 0.1) is 11.3 Å². The third kappa shape index (κ3) is 3.95. The molecule has 0 N–H and O–H groups in total. The lowest BCUT2D eigenvalue weighted by Gasteiger charge is -2.23. The molecule has 0 spiro atoms. The highest BCUT2D eigenvalue weighted by Crippen LogP contribution is 2.30. The number of rotatable bonds is 4. The molecule has 0 radical (unpaired) electrons. The van der Waals surface area contributed by atoms with Gasteiger partial charge in [-0.05, 0) is 38.5 Å². The first-order chi connectivity index (χ1) is 12.1. The number of carbonyl (C=O) groups is 1. The fourth-order valence-corrected chi connectivity index (χ4v) is 2.41. The van der Waals surface area contributed by atoms with E-state index in [-0.39, 0.29) is 17.4 Å². The Balaban J connectivity index is 2.56. The van der Waals surface area contributed by atoms with Crippen molar-refractivity contribution in [3.8, 4) is 5.69 Å². The third-order valence-electron chi connectivity index (χ3n) is 4.30. The highest BCUT2D eigenvalue weighted by Gasteiger charge is 2.31. The molecule has 140 valence electrons. The average molecular weight is 367 g/mol. The summed E-state index contributed by atoms with van der Waals surface area (Å²) >= 11 is 0. The molecule has 0 aliphatic heterocycles. The van der Waals surface area contributed by atoms with Gasteiger partial charge in [-0.15, -0.1) is 0 Å². The van der Waals surface area contributed by atoms with Crippen molar-refractivity contribution in [2.75, 3.05) is 7.05 Å². The molecule has 0 saturated carbocycles. The van der Waals surface area contributed by atoms with Gasteiger partial charge in [0.2, 0.25) is 5.43 Å². The molecule has 1 unspecified atom stereocenters. The van der Waals surface area contributed by atoms with Crippen LogP contribution in [-0.2, 0) is 6.18 Å². The van der Waals surface area contributed by atoms with Crippen LogP contribution in [0.4, 0.5) is 13.2 Å². The van der Waals surface area contributed by atoms with E-state index < -0.39 is 23.1 Å². The molecule has 2 rings (SSSR count). The van der Waals surface area contributed by atoms with Crippen molar-refractivity contribution in [3.05, 3.63) is 57.5 Å². The summed E-state index contributed by atoms with van der Waals surface area (Å²) in [6.45, 7) is 5.27. The number of nitrogens with zero attached hydrogens (tertiary/aromatic N) is 3. The summed E-state index contributed by atoms with van der Waals surface area (Å²) in [5, 5.41) is 4.05. The summed E-state index contributed by atoms with van der Waals surface area (Å²) in [7, 11) is 1.56. The number of carbonyl (C=O) groups excluding carboxylic acids is 1. The van der Waals surface area contributed by atoms with Gasteiger partial charge in [-0.2, -0.15) is 18.3 Å². The smallest absolute Gasteiger partial charge is 0.337 e. The summed E-state index contributed by atoms with van der Waals surface area (Å²) in [4.78, 5) is 26.2. The molecule has 0 bridgehead atoms. The minimum absolute atomic E-state index is 0.105. The number of aryl methyl sites for hydroxylation is 1. The topological polar surface area (TPSA) is 55.2 Å². The SMILES string of the molecule is CCC(C)N(C)C(=O)c1nn(-c2cccc(C(F)(F)F)c2)c(C)cc1=O. The number of alkyl halides is 3. The van der Waals surface area contributed by atoms with Crippen LogP contribution in [0.25, 0.3) is 5.69 Å². The number of hydrogen-bond acceptors (Lipinski definition) is 3. The number of halogens is 3. The zero-order chi connectivity index (χ0) is 19.6. The van der Waals surface area contributed by atoms with E-state index in [1.165, 1.54) is 27.8 Å². The molecule has 26 heavy (non-hydrogen) atoms. The molecule has 8 heteroatoms. The van der Waals surface area contributed by atoms with Gasteiger partial charge in [0.25, 0.3) is 5.91 Å². The van der Waals surface area contributed by atoms with Crippen LogP contribution >= 0.6 is 0 Å². The fourth-order valence-electron chi connectivity index (χ4n) is 2.41. The van der Waals surface area contributed by atoms with Crippen molar-refractivity contribution in [2.45, 2.75) is 39.4 Å². The maximum Gasteiger partial charge on any atom is 0.416 e. The average Bonchev–Trinajstić information content (AvgIpc) is 2.59. The Hall–Kier alpha value is -2.64. The summed E-state index contributed by atoms with van der Waals surface area (Å²) in [5.41, 5.74) is -1.27. The van der Waals surface area contributed by atoms with Gasteiger partial charge >= 0.3 is 6.18 Å². The largest absolute Gasteiger partial charge is 0.416 e. The van der Waals surface area contributed by atoms with Crippen LogP contribution in [0.3, 0.4) is 0 Å². The number of amides is 1. The Morgan fingerprint density at radius 1 is 1.31 bits per heavy atom. The lowest BCUT2D eigenvalue weighted by molar-refractivity contribution is -0.137. The van der Waals surface area contributed by atoms with E-state index in [0.29, 0.717) is 12.1 Å². The van der Waals surface area contributed by atoms with Gasteiger partial charge in [0.15, 0.2) is 5.69 Å². The van der Waals surface area contributed by atoms with Crippen molar-refractivity contribution in [1.82, 2.24) is 14.7 Å². The second-order valence-corrected chi connectivity index (χ2v) is 6.13. The van der Waals surface area contributed by atoms with E-state index in [4.69, 9.17) is 0 Å². The summed E-state index contributed by atoms with van der Waals surface area (Å²) in [6.07, 6.45) is -3.81. The quantitative estimate of drug-likeness (QED) is 0.832. The number of aromatic nitrogens is 2. The Labute approximate surface area is 149 Å². The molecule has 1 amide bonds. The molecule has 1 atom stereocenters. The maximum atomic E-state index is 12.9.